The van der Waals surface area contributed by atoms with Gasteiger partial charge in [-0.05, 0) is 43.5 Å². The standard InChI is InChI=1S/C26H31N7O2/c1-17-22(12-28-24-23(17)27-8-10-35-24)33-9-7-19-11-29-25(31-21(19)14-33)30-20-5-3-18(4-6-20)13-32-15-26(2,34)16-32/h3-6,11-12,27,34H,7-10,13-16H2,1-2H3,(H,29,30,31). The summed E-state index contributed by atoms with van der Waals surface area (Å²) in [7, 11) is 0. The topological polar surface area (TPSA) is 98.7 Å². The maximum Gasteiger partial charge on any atom is 0.237 e. The van der Waals surface area contributed by atoms with Crippen molar-refractivity contribution in [2.75, 3.05) is 48.3 Å². The van der Waals surface area contributed by atoms with Gasteiger partial charge in [0.15, 0.2) is 0 Å². The Morgan fingerprint density at radius 3 is 2.80 bits per heavy atom. The molecular weight excluding hydrogens is 442 g/mol. The van der Waals surface area contributed by atoms with Crippen molar-refractivity contribution < 1.29 is 9.84 Å². The number of ether oxygens (including phenoxy) is 1. The van der Waals surface area contributed by atoms with Gasteiger partial charge in [-0.15, -0.1) is 0 Å². The van der Waals surface area contributed by atoms with Crippen molar-refractivity contribution in [2.45, 2.75) is 39.0 Å². The van der Waals surface area contributed by atoms with Crippen LogP contribution >= 0.6 is 0 Å². The summed E-state index contributed by atoms with van der Waals surface area (Å²) < 4.78 is 5.68. The van der Waals surface area contributed by atoms with Crippen molar-refractivity contribution in [1.29, 1.82) is 0 Å². The van der Waals surface area contributed by atoms with Gasteiger partial charge in [-0.1, -0.05) is 12.1 Å². The molecular formula is C26H31N7O2. The number of β-amino-alcohol motifs (C(OH)–C–C–N with tert-alkyl or cyclic N) is 1. The predicted octanol–water partition coefficient (Wildman–Crippen LogP) is 2.86. The number of hydrogen-bond donors (Lipinski definition) is 3. The number of aromatic nitrogens is 3. The molecule has 0 spiro atoms. The lowest BCUT2D eigenvalue weighted by molar-refractivity contribution is -0.0871. The Hall–Kier alpha value is -3.43. The number of anilines is 4. The van der Waals surface area contributed by atoms with Crippen molar-refractivity contribution >= 4 is 23.0 Å². The van der Waals surface area contributed by atoms with Crippen LogP contribution in [0.5, 0.6) is 5.88 Å². The lowest BCUT2D eigenvalue weighted by atomic mass is 9.96. The Balaban J connectivity index is 1.14. The lowest BCUT2D eigenvalue weighted by Gasteiger charge is -2.44. The summed E-state index contributed by atoms with van der Waals surface area (Å²) in [5.41, 5.74) is 7.13. The highest BCUT2D eigenvalue weighted by Crippen LogP contribution is 2.36. The number of fused-ring (bicyclic) bond motifs is 2. The van der Waals surface area contributed by atoms with E-state index in [0.717, 1.165) is 67.5 Å². The van der Waals surface area contributed by atoms with Crippen LogP contribution in [0.4, 0.5) is 23.0 Å². The van der Waals surface area contributed by atoms with E-state index >= 15 is 0 Å². The number of rotatable bonds is 5. The summed E-state index contributed by atoms with van der Waals surface area (Å²) in [6.07, 6.45) is 4.75. The Labute approximate surface area is 205 Å². The average molecular weight is 474 g/mol. The molecule has 1 fully saturated rings. The molecule has 0 bridgehead atoms. The van der Waals surface area contributed by atoms with Crippen LogP contribution in [0.25, 0.3) is 0 Å². The van der Waals surface area contributed by atoms with Gasteiger partial charge in [-0.2, -0.15) is 0 Å². The molecule has 6 rings (SSSR count). The largest absolute Gasteiger partial charge is 0.474 e. The van der Waals surface area contributed by atoms with Crippen LogP contribution in [-0.2, 0) is 19.5 Å². The van der Waals surface area contributed by atoms with Gasteiger partial charge >= 0.3 is 0 Å². The Kier molecular flexibility index (Phi) is 5.46. The van der Waals surface area contributed by atoms with Gasteiger partial charge in [0.25, 0.3) is 0 Å². The zero-order valence-corrected chi connectivity index (χ0v) is 20.2. The first kappa shape index (κ1) is 22.1. The van der Waals surface area contributed by atoms with Crippen molar-refractivity contribution in [3.05, 3.63) is 59.0 Å². The van der Waals surface area contributed by atoms with Crippen LogP contribution in [-0.4, -0.2) is 63.3 Å². The third-order valence-corrected chi connectivity index (χ3v) is 6.95. The highest BCUT2D eigenvalue weighted by molar-refractivity contribution is 5.70. The first-order chi connectivity index (χ1) is 16.9. The molecule has 3 N–H and O–H groups in total. The van der Waals surface area contributed by atoms with Crippen molar-refractivity contribution in [1.82, 2.24) is 19.9 Å². The minimum Gasteiger partial charge on any atom is -0.474 e. The molecule has 35 heavy (non-hydrogen) atoms. The normalized spacial score (nSPS) is 18.5. The maximum atomic E-state index is 9.92. The van der Waals surface area contributed by atoms with Crippen LogP contribution in [0.2, 0.25) is 0 Å². The minimum absolute atomic E-state index is 0.540. The second-order valence-electron chi connectivity index (χ2n) is 10.0. The zero-order chi connectivity index (χ0) is 24.0. The highest BCUT2D eigenvalue weighted by atomic mass is 16.5. The van der Waals surface area contributed by atoms with Crippen LogP contribution in [0.15, 0.2) is 36.7 Å². The van der Waals surface area contributed by atoms with Crippen LogP contribution in [0.1, 0.15) is 29.3 Å². The molecule has 0 aliphatic carbocycles. The van der Waals surface area contributed by atoms with Gasteiger partial charge in [0, 0.05) is 50.2 Å². The van der Waals surface area contributed by atoms with Crippen molar-refractivity contribution in [3.63, 3.8) is 0 Å². The quantitative estimate of drug-likeness (QED) is 0.517. The van der Waals surface area contributed by atoms with Gasteiger partial charge in [0.2, 0.25) is 11.8 Å². The van der Waals surface area contributed by atoms with E-state index in [4.69, 9.17) is 9.72 Å². The molecule has 0 radical (unpaired) electrons. The third-order valence-electron chi connectivity index (χ3n) is 6.95. The van der Waals surface area contributed by atoms with Gasteiger partial charge in [0.05, 0.1) is 29.7 Å². The molecule has 1 saturated heterocycles. The Morgan fingerprint density at radius 2 is 2.00 bits per heavy atom. The number of nitrogens with zero attached hydrogens (tertiary/aromatic N) is 5. The number of benzene rings is 1. The molecule has 3 aromatic rings. The number of nitrogens with one attached hydrogen (secondary N) is 2. The predicted molar refractivity (Wildman–Crippen MR) is 135 cm³/mol. The molecule has 9 heteroatoms. The summed E-state index contributed by atoms with van der Waals surface area (Å²) >= 11 is 0. The van der Waals surface area contributed by atoms with Gasteiger partial charge in [0.1, 0.15) is 12.3 Å². The highest BCUT2D eigenvalue weighted by Gasteiger charge is 2.36. The van der Waals surface area contributed by atoms with E-state index in [0.29, 0.717) is 25.0 Å². The van der Waals surface area contributed by atoms with E-state index in [1.807, 2.05) is 19.3 Å². The van der Waals surface area contributed by atoms with E-state index in [2.05, 4.69) is 61.6 Å². The summed E-state index contributed by atoms with van der Waals surface area (Å²) in [5, 5.41) is 16.7. The van der Waals surface area contributed by atoms with E-state index in [9.17, 15) is 5.11 Å². The molecule has 182 valence electrons. The SMILES string of the molecule is Cc1c(N2CCc3cnc(Nc4ccc(CN5CC(C)(O)C5)cc4)nc3C2)cnc2c1NCCO2. The maximum absolute atomic E-state index is 9.92. The number of pyridine rings is 1. The van der Waals surface area contributed by atoms with Crippen LogP contribution in [0, 0.1) is 6.92 Å². The lowest BCUT2D eigenvalue weighted by Crippen LogP contribution is -2.59. The molecule has 0 saturated carbocycles. The smallest absolute Gasteiger partial charge is 0.237 e. The molecule has 9 nitrogen and oxygen atoms in total. The molecule has 0 atom stereocenters. The molecule has 2 aromatic heterocycles. The van der Waals surface area contributed by atoms with Crippen LogP contribution < -0.4 is 20.3 Å². The average Bonchev–Trinajstić information content (AvgIpc) is 2.84. The molecule has 5 heterocycles. The second kappa shape index (κ2) is 8.66. The molecule has 3 aliphatic rings. The van der Waals surface area contributed by atoms with Gasteiger partial charge < -0.3 is 25.4 Å². The second-order valence-corrected chi connectivity index (χ2v) is 10.0. The van der Waals surface area contributed by atoms with Gasteiger partial charge in [-0.3, -0.25) is 4.90 Å². The molecule has 3 aliphatic heterocycles. The minimum atomic E-state index is -0.540. The molecule has 0 amide bonds. The summed E-state index contributed by atoms with van der Waals surface area (Å²) in [5.74, 6) is 1.29. The molecule has 0 unspecified atom stereocenters. The number of likely N-dealkylation sites (tertiary alicyclic amines) is 1. The van der Waals surface area contributed by atoms with Crippen molar-refractivity contribution in [3.8, 4) is 5.88 Å². The number of hydrogen-bond acceptors (Lipinski definition) is 9. The summed E-state index contributed by atoms with van der Waals surface area (Å²) in [6, 6.07) is 8.33. The van der Waals surface area contributed by atoms with Crippen LogP contribution in [0.3, 0.4) is 0 Å². The number of aliphatic hydroxyl groups is 1. The Bertz CT molecular complexity index is 1240. The zero-order valence-electron chi connectivity index (χ0n) is 20.2. The van der Waals surface area contributed by atoms with Crippen molar-refractivity contribution in [2.24, 2.45) is 0 Å². The fraction of sp³-hybridized carbons (Fsp3) is 0.423. The fourth-order valence-electron chi connectivity index (χ4n) is 5.21. The third kappa shape index (κ3) is 4.49. The Morgan fingerprint density at radius 1 is 1.17 bits per heavy atom. The van der Waals surface area contributed by atoms with E-state index in [1.54, 1.807) is 0 Å². The first-order valence-electron chi connectivity index (χ1n) is 12.2. The summed E-state index contributed by atoms with van der Waals surface area (Å²) in [6.45, 7) is 9.35. The van der Waals surface area contributed by atoms with E-state index in [1.165, 1.54) is 11.1 Å². The monoisotopic (exact) mass is 473 g/mol. The van der Waals surface area contributed by atoms with E-state index in [-0.39, 0.29) is 0 Å². The van der Waals surface area contributed by atoms with E-state index < -0.39 is 5.60 Å². The summed E-state index contributed by atoms with van der Waals surface area (Å²) in [4.78, 5) is 18.5. The fourth-order valence-corrected chi connectivity index (χ4v) is 5.21. The molecule has 1 aromatic carbocycles. The van der Waals surface area contributed by atoms with Gasteiger partial charge in [-0.25, -0.2) is 15.0 Å². The first-order valence-corrected chi connectivity index (χ1v) is 12.2.